The van der Waals surface area contributed by atoms with Crippen LogP contribution >= 0.6 is 0 Å². The fraction of sp³-hybridized carbons (Fsp3) is 0.667. The number of fused-ring (bicyclic) bond motifs is 6. The molecule has 2 N–H and O–H groups in total. The maximum Gasteiger partial charge on any atom is 0.0236 e. The Labute approximate surface area is 121 Å². The standard InChI is InChI=1S/C18H24N2/c1-2-4-14-9-19-15(8-11(14)3-1)10-20-18-16-12-5-6-13(7-12)17(16)18/h1-4,12-13,15-20H,5-10H2. The van der Waals surface area contributed by atoms with Crippen molar-refractivity contribution in [1.29, 1.82) is 0 Å². The smallest absolute Gasteiger partial charge is 0.0236 e. The fourth-order valence-electron chi connectivity index (χ4n) is 5.54. The number of rotatable bonds is 3. The summed E-state index contributed by atoms with van der Waals surface area (Å²) in [4.78, 5) is 0. The Morgan fingerprint density at radius 1 is 1.05 bits per heavy atom. The monoisotopic (exact) mass is 268 g/mol. The van der Waals surface area contributed by atoms with Crippen molar-refractivity contribution in [1.82, 2.24) is 10.6 Å². The third-order valence-corrected chi connectivity index (χ3v) is 6.50. The predicted octanol–water partition coefficient (Wildman–Crippen LogP) is 2.33. The molecule has 5 atom stereocenters. The second-order valence-electron chi connectivity index (χ2n) is 7.47. The van der Waals surface area contributed by atoms with Gasteiger partial charge in [-0.3, -0.25) is 0 Å². The minimum Gasteiger partial charge on any atom is -0.312 e. The van der Waals surface area contributed by atoms with Crippen LogP contribution in [0.25, 0.3) is 0 Å². The van der Waals surface area contributed by atoms with Gasteiger partial charge in [-0.25, -0.2) is 0 Å². The van der Waals surface area contributed by atoms with Crippen LogP contribution in [-0.4, -0.2) is 18.6 Å². The topological polar surface area (TPSA) is 24.1 Å². The third-order valence-electron chi connectivity index (χ3n) is 6.50. The molecule has 106 valence electrons. The van der Waals surface area contributed by atoms with Gasteiger partial charge in [0.05, 0.1) is 0 Å². The molecule has 5 rings (SSSR count). The molecule has 2 heteroatoms. The summed E-state index contributed by atoms with van der Waals surface area (Å²) in [6.45, 7) is 2.21. The van der Waals surface area contributed by atoms with Gasteiger partial charge in [-0.1, -0.05) is 24.3 Å². The van der Waals surface area contributed by atoms with Gasteiger partial charge >= 0.3 is 0 Å². The second kappa shape index (κ2) is 4.32. The van der Waals surface area contributed by atoms with Gasteiger partial charge in [0.15, 0.2) is 0 Å². The van der Waals surface area contributed by atoms with Crippen molar-refractivity contribution < 1.29 is 0 Å². The van der Waals surface area contributed by atoms with Crippen molar-refractivity contribution in [3.8, 4) is 0 Å². The molecule has 4 aliphatic rings. The Kier molecular flexibility index (Phi) is 2.54. The Morgan fingerprint density at radius 3 is 2.60 bits per heavy atom. The minimum atomic E-state index is 0.629. The van der Waals surface area contributed by atoms with E-state index in [1.807, 2.05) is 0 Å². The highest BCUT2D eigenvalue weighted by Crippen LogP contribution is 2.65. The maximum atomic E-state index is 3.90. The van der Waals surface area contributed by atoms with E-state index in [2.05, 4.69) is 34.9 Å². The van der Waals surface area contributed by atoms with Gasteiger partial charge in [-0.2, -0.15) is 0 Å². The lowest BCUT2D eigenvalue weighted by Crippen LogP contribution is -2.44. The minimum absolute atomic E-state index is 0.629. The molecule has 2 bridgehead atoms. The van der Waals surface area contributed by atoms with Crippen molar-refractivity contribution in [2.75, 3.05) is 6.54 Å². The zero-order chi connectivity index (χ0) is 13.1. The summed E-state index contributed by atoms with van der Waals surface area (Å²) in [6, 6.07) is 10.4. The zero-order valence-electron chi connectivity index (χ0n) is 12.0. The lowest BCUT2D eigenvalue weighted by Gasteiger charge is -2.27. The summed E-state index contributed by atoms with van der Waals surface area (Å²) in [7, 11) is 0. The summed E-state index contributed by atoms with van der Waals surface area (Å²) in [5.41, 5.74) is 3.04. The molecule has 3 saturated carbocycles. The van der Waals surface area contributed by atoms with Gasteiger partial charge in [0.2, 0.25) is 0 Å². The van der Waals surface area contributed by atoms with E-state index < -0.39 is 0 Å². The summed E-state index contributed by atoms with van der Waals surface area (Å²) in [6.07, 6.45) is 5.80. The SMILES string of the molecule is c1ccc2c(c1)CNC(CNC1C3C4CCC(C4)C13)C2. The molecule has 0 radical (unpaired) electrons. The van der Waals surface area contributed by atoms with E-state index in [4.69, 9.17) is 0 Å². The van der Waals surface area contributed by atoms with Crippen LogP contribution in [0.15, 0.2) is 24.3 Å². The fourth-order valence-corrected chi connectivity index (χ4v) is 5.54. The lowest BCUT2D eigenvalue weighted by atomic mass is 9.96. The summed E-state index contributed by atoms with van der Waals surface area (Å²) in [5.74, 6) is 4.29. The molecule has 1 aliphatic heterocycles. The highest BCUT2D eigenvalue weighted by atomic mass is 15.1. The van der Waals surface area contributed by atoms with E-state index in [1.165, 1.54) is 24.8 Å². The molecule has 1 aromatic carbocycles. The zero-order valence-corrected chi connectivity index (χ0v) is 12.0. The van der Waals surface area contributed by atoms with Crippen molar-refractivity contribution in [3.05, 3.63) is 35.4 Å². The average molecular weight is 268 g/mol. The van der Waals surface area contributed by atoms with E-state index in [1.54, 1.807) is 12.0 Å². The molecule has 20 heavy (non-hydrogen) atoms. The van der Waals surface area contributed by atoms with Crippen LogP contribution in [0.1, 0.15) is 30.4 Å². The molecule has 0 aromatic heterocycles. The molecule has 0 saturated heterocycles. The second-order valence-corrected chi connectivity index (χ2v) is 7.47. The van der Waals surface area contributed by atoms with E-state index in [9.17, 15) is 0 Å². The van der Waals surface area contributed by atoms with Crippen LogP contribution in [0.2, 0.25) is 0 Å². The van der Waals surface area contributed by atoms with Crippen LogP contribution in [-0.2, 0) is 13.0 Å². The van der Waals surface area contributed by atoms with Gasteiger partial charge in [0.25, 0.3) is 0 Å². The van der Waals surface area contributed by atoms with Crippen LogP contribution in [0.5, 0.6) is 0 Å². The van der Waals surface area contributed by atoms with Gasteiger partial charge in [-0.15, -0.1) is 0 Å². The van der Waals surface area contributed by atoms with Gasteiger partial charge in [0.1, 0.15) is 0 Å². The quantitative estimate of drug-likeness (QED) is 0.879. The van der Waals surface area contributed by atoms with Gasteiger partial charge in [-0.05, 0) is 60.5 Å². The van der Waals surface area contributed by atoms with Crippen LogP contribution in [0.3, 0.4) is 0 Å². The van der Waals surface area contributed by atoms with Crippen LogP contribution in [0, 0.1) is 23.7 Å². The predicted molar refractivity (Wildman–Crippen MR) is 80.4 cm³/mol. The highest BCUT2D eigenvalue weighted by Gasteiger charge is 2.64. The van der Waals surface area contributed by atoms with Crippen molar-refractivity contribution >= 4 is 0 Å². The molecular weight excluding hydrogens is 244 g/mol. The molecular formula is C18H24N2. The van der Waals surface area contributed by atoms with E-state index >= 15 is 0 Å². The van der Waals surface area contributed by atoms with Gasteiger partial charge in [0, 0.05) is 25.2 Å². The highest BCUT2D eigenvalue weighted by molar-refractivity contribution is 5.30. The first-order valence-corrected chi connectivity index (χ1v) is 8.44. The molecule has 0 amide bonds. The first-order valence-electron chi connectivity index (χ1n) is 8.44. The number of hydrogen-bond acceptors (Lipinski definition) is 2. The van der Waals surface area contributed by atoms with Crippen LogP contribution in [0.4, 0.5) is 0 Å². The Balaban J connectivity index is 1.19. The first kappa shape index (κ1) is 11.8. The molecule has 3 fully saturated rings. The summed E-state index contributed by atoms with van der Waals surface area (Å²) < 4.78 is 0. The molecule has 2 nitrogen and oxygen atoms in total. The Hall–Kier alpha value is -0.860. The number of benzene rings is 1. The average Bonchev–Trinajstić information content (AvgIpc) is 2.88. The normalized spacial score (nSPS) is 44.2. The van der Waals surface area contributed by atoms with Crippen LogP contribution < -0.4 is 10.6 Å². The molecule has 3 aliphatic carbocycles. The lowest BCUT2D eigenvalue weighted by molar-refractivity contribution is 0.408. The molecule has 5 unspecified atom stereocenters. The van der Waals surface area contributed by atoms with Crippen molar-refractivity contribution in [2.45, 2.75) is 44.3 Å². The molecule has 1 aromatic rings. The van der Waals surface area contributed by atoms with Gasteiger partial charge < -0.3 is 10.6 Å². The Bertz CT molecular complexity index is 510. The first-order chi connectivity index (χ1) is 9.90. The summed E-state index contributed by atoms with van der Waals surface area (Å²) >= 11 is 0. The summed E-state index contributed by atoms with van der Waals surface area (Å²) in [5, 5.41) is 7.60. The maximum absolute atomic E-state index is 3.90. The number of nitrogens with one attached hydrogen (secondary N) is 2. The van der Waals surface area contributed by atoms with Crippen molar-refractivity contribution in [3.63, 3.8) is 0 Å². The third kappa shape index (κ3) is 1.71. The largest absolute Gasteiger partial charge is 0.312 e. The van der Waals surface area contributed by atoms with E-state index in [0.29, 0.717) is 6.04 Å². The molecule has 1 heterocycles. The Morgan fingerprint density at radius 2 is 1.80 bits per heavy atom. The molecule has 0 spiro atoms. The number of hydrogen-bond donors (Lipinski definition) is 2. The van der Waals surface area contributed by atoms with E-state index in [0.717, 1.165) is 42.8 Å². The van der Waals surface area contributed by atoms with Crippen molar-refractivity contribution in [2.24, 2.45) is 23.7 Å². The van der Waals surface area contributed by atoms with E-state index in [-0.39, 0.29) is 0 Å².